The largest absolute Gasteiger partial charge is 0.323 e. The maximum atomic E-state index is 13.8. The first-order valence-electron chi connectivity index (χ1n) is 12.3. The van der Waals surface area contributed by atoms with Crippen LogP contribution in [0, 0.1) is 10.1 Å². The summed E-state index contributed by atoms with van der Waals surface area (Å²) in [6.45, 7) is 4.14. The molecular weight excluding hydrogens is 446 g/mol. The summed E-state index contributed by atoms with van der Waals surface area (Å²) < 4.78 is 0. The quantitative estimate of drug-likeness (QED) is 0.246. The molecule has 184 valence electrons. The minimum Gasteiger partial charge on any atom is -0.323 e. The highest BCUT2D eigenvalue weighted by atomic mass is 16.6. The molecule has 1 aliphatic heterocycles. The molecule has 1 heterocycles. The summed E-state index contributed by atoms with van der Waals surface area (Å²) in [6, 6.07) is 11.8. The van der Waals surface area contributed by atoms with Crippen molar-refractivity contribution in [1.29, 1.82) is 0 Å². The number of nitro benzene ring substituents is 1. The number of non-ortho nitro benzene ring substituents is 1. The smallest absolute Gasteiger partial charge is 0.270 e. The first-order chi connectivity index (χ1) is 16.8. The fraction of sp³-hybridized carbons (Fsp3) is 0.444. The summed E-state index contributed by atoms with van der Waals surface area (Å²) in [5.41, 5.74) is 1.57. The zero-order chi connectivity index (χ0) is 25.1. The Labute approximate surface area is 205 Å². The monoisotopic (exact) mass is 477 g/mol. The van der Waals surface area contributed by atoms with Gasteiger partial charge in [0.25, 0.3) is 17.5 Å². The summed E-state index contributed by atoms with van der Waals surface area (Å²) in [5, 5.41) is 11.3. The maximum Gasteiger partial charge on any atom is 0.270 e. The Balaban J connectivity index is 1.68. The second-order valence-corrected chi connectivity index (χ2v) is 9.70. The standard InChI is InChI=1S/C27H31N3O5/c1-18(2)19-12-14-22(15-13-19)29-25(31)17-24(27(29)33)28(21-9-5-3-4-6-10-21)26(32)20-8-7-11-23(16-20)30(34)35/h7-8,11-16,18,21,24H,3-6,9-10,17H2,1-2H3. The van der Waals surface area contributed by atoms with Gasteiger partial charge in [0.05, 0.1) is 17.0 Å². The van der Waals surface area contributed by atoms with Crippen molar-refractivity contribution in [2.24, 2.45) is 0 Å². The van der Waals surface area contributed by atoms with E-state index in [4.69, 9.17) is 0 Å². The van der Waals surface area contributed by atoms with Gasteiger partial charge in [-0.25, -0.2) is 4.90 Å². The van der Waals surface area contributed by atoms with Crippen LogP contribution < -0.4 is 4.90 Å². The van der Waals surface area contributed by atoms with Gasteiger partial charge in [0.1, 0.15) is 6.04 Å². The molecule has 1 unspecified atom stereocenters. The van der Waals surface area contributed by atoms with Crippen LogP contribution in [0.5, 0.6) is 0 Å². The number of nitro groups is 1. The lowest BCUT2D eigenvalue weighted by Crippen LogP contribution is -2.50. The normalized spacial score (nSPS) is 19.2. The predicted octanol–water partition coefficient (Wildman–Crippen LogP) is 5.22. The van der Waals surface area contributed by atoms with Gasteiger partial charge in [-0.2, -0.15) is 0 Å². The Morgan fingerprint density at radius 3 is 2.29 bits per heavy atom. The lowest BCUT2D eigenvalue weighted by molar-refractivity contribution is -0.384. The number of benzene rings is 2. The maximum absolute atomic E-state index is 13.8. The van der Waals surface area contributed by atoms with Crippen molar-refractivity contribution in [2.75, 3.05) is 4.90 Å². The number of rotatable bonds is 6. The van der Waals surface area contributed by atoms with Crippen molar-refractivity contribution in [3.8, 4) is 0 Å². The van der Waals surface area contributed by atoms with Crippen LogP contribution in [-0.2, 0) is 9.59 Å². The average Bonchev–Trinajstić information content (AvgIpc) is 3.00. The van der Waals surface area contributed by atoms with E-state index >= 15 is 0 Å². The number of anilines is 1. The lowest BCUT2D eigenvalue weighted by atomic mass is 10.0. The molecule has 0 radical (unpaired) electrons. The molecule has 35 heavy (non-hydrogen) atoms. The first-order valence-corrected chi connectivity index (χ1v) is 12.3. The molecular formula is C27H31N3O5. The fourth-order valence-corrected chi connectivity index (χ4v) is 5.11. The zero-order valence-corrected chi connectivity index (χ0v) is 20.2. The van der Waals surface area contributed by atoms with E-state index in [1.54, 1.807) is 17.0 Å². The molecule has 2 aromatic rings. The molecule has 2 aromatic carbocycles. The topological polar surface area (TPSA) is 101 Å². The Morgan fingerprint density at radius 2 is 1.69 bits per heavy atom. The van der Waals surface area contributed by atoms with E-state index < -0.39 is 22.8 Å². The average molecular weight is 478 g/mol. The summed E-state index contributed by atoms with van der Waals surface area (Å²) in [5.74, 6) is -0.887. The molecule has 2 fully saturated rings. The van der Waals surface area contributed by atoms with Crippen LogP contribution in [0.4, 0.5) is 11.4 Å². The number of amides is 3. The molecule has 0 aromatic heterocycles. The van der Waals surface area contributed by atoms with Gasteiger partial charge in [0, 0.05) is 23.7 Å². The van der Waals surface area contributed by atoms with E-state index in [0.29, 0.717) is 11.6 Å². The molecule has 1 atom stereocenters. The molecule has 8 heteroatoms. The second kappa shape index (κ2) is 10.4. The van der Waals surface area contributed by atoms with Crippen LogP contribution in [0.15, 0.2) is 48.5 Å². The van der Waals surface area contributed by atoms with Crippen molar-refractivity contribution in [2.45, 2.75) is 76.8 Å². The summed E-state index contributed by atoms with van der Waals surface area (Å²) in [6.07, 6.45) is 5.35. The van der Waals surface area contributed by atoms with Crippen LogP contribution in [0.2, 0.25) is 0 Å². The summed E-state index contributed by atoms with van der Waals surface area (Å²) in [7, 11) is 0. The molecule has 1 saturated carbocycles. The number of imide groups is 1. The minimum atomic E-state index is -0.929. The van der Waals surface area contributed by atoms with E-state index in [9.17, 15) is 24.5 Å². The van der Waals surface area contributed by atoms with E-state index in [-0.39, 0.29) is 29.6 Å². The molecule has 1 saturated heterocycles. The van der Waals surface area contributed by atoms with E-state index in [0.717, 1.165) is 44.1 Å². The third kappa shape index (κ3) is 5.11. The van der Waals surface area contributed by atoms with E-state index in [1.165, 1.54) is 29.2 Å². The predicted molar refractivity (Wildman–Crippen MR) is 132 cm³/mol. The number of carbonyl (C=O) groups excluding carboxylic acids is 3. The van der Waals surface area contributed by atoms with Gasteiger partial charge >= 0.3 is 0 Å². The summed E-state index contributed by atoms with van der Waals surface area (Å²) >= 11 is 0. The second-order valence-electron chi connectivity index (χ2n) is 9.70. The molecule has 0 N–H and O–H groups in total. The molecule has 2 aliphatic rings. The number of hydrogen-bond acceptors (Lipinski definition) is 5. The van der Waals surface area contributed by atoms with E-state index in [2.05, 4.69) is 13.8 Å². The van der Waals surface area contributed by atoms with Gasteiger partial charge in [-0.15, -0.1) is 0 Å². The third-order valence-electron chi connectivity index (χ3n) is 7.03. The first kappa shape index (κ1) is 24.6. The van der Waals surface area contributed by atoms with Gasteiger partial charge in [-0.3, -0.25) is 24.5 Å². The van der Waals surface area contributed by atoms with Gasteiger partial charge < -0.3 is 4.90 Å². The van der Waals surface area contributed by atoms with Crippen LogP contribution >= 0.6 is 0 Å². The number of carbonyl (C=O) groups is 3. The van der Waals surface area contributed by atoms with Crippen molar-refractivity contribution < 1.29 is 19.3 Å². The molecule has 0 spiro atoms. The Hall–Kier alpha value is -3.55. The summed E-state index contributed by atoms with van der Waals surface area (Å²) in [4.78, 5) is 53.9. The highest BCUT2D eigenvalue weighted by molar-refractivity contribution is 6.23. The lowest BCUT2D eigenvalue weighted by Gasteiger charge is -2.35. The van der Waals surface area contributed by atoms with Crippen LogP contribution in [0.3, 0.4) is 0 Å². The minimum absolute atomic E-state index is 0.0953. The van der Waals surface area contributed by atoms with E-state index in [1.807, 2.05) is 12.1 Å². The third-order valence-corrected chi connectivity index (χ3v) is 7.03. The Morgan fingerprint density at radius 1 is 1.03 bits per heavy atom. The van der Waals surface area contributed by atoms with Gasteiger partial charge in [-0.1, -0.05) is 57.7 Å². The number of hydrogen-bond donors (Lipinski definition) is 0. The van der Waals surface area contributed by atoms with Crippen LogP contribution in [0.25, 0.3) is 0 Å². The van der Waals surface area contributed by atoms with Crippen molar-refractivity contribution in [1.82, 2.24) is 4.90 Å². The molecule has 4 rings (SSSR count). The highest BCUT2D eigenvalue weighted by Gasteiger charge is 2.46. The van der Waals surface area contributed by atoms with Gasteiger partial charge in [0.15, 0.2) is 0 Å². The molecule has 3 amide bonds. The Bertz CT molecular complexity index is 1120. The van der Waals surface area contributed by atoms with Gasteiger partial charge in [-0.05, 0) is 42.5 Å². The van der Waals surface area contributed by atoms with Crippen LogP contribution in [-0.4, -0.2) is 39.6 Å². The molecule has 0 bridgehead atoms. The van der Waals surface area contributed by atoms with Gasteiger partial charge in [0.2, 0.25) is 5.91 Å². The fourth-order valence-electron chi connectivity index (χ4n) is 5.11. The SMILES string of the molecule is CC(C)c1ccc(N2C(=O)CC(N(C(=O)c3cccc([N+](=O)[O-])c3)C3CCCCCC3)C2=O)cc1. The number of nitrogens with zero attached hydrogens (tertiary/aromatic N) is 3. The van der Waals surface area contributed by atoms with Crippen molar-refractivity contribution in [3.05, 3.63) is 69.8 Å². The van der Waals surface area contributed by atoms with Crippen LogP contribution in [0.1, 0.15) is 80.6 Å². The molecule has 8 nitrogen and oxygen atoms in total. The molecule has 1 aliphatic carbocycles. The Kier molecular flexibility index (Phi) is 7.28. The highest BCUT2D eigenvalue weighted by Crippen LogP contribution is 2.32. The zero-order valence-electron chi connectivity index (χ0n) is 20.2. The van der Waals surface area contributed by atoms with Crippen molar-refractivity contribution >= 4 is 29.1 Å². The van der Waals surface area contributed by atoms with Crippen molar-refractivity contribution in [3.63, 3.8) is 0 Å².